The van der Waals surface area contributed by atoms with Crippen molar-refractivity contribution in [3.63, 3.8) is 0 Å². The number of nitrogens with zero attached hydrogens (tertiary/aromatic N) is 2. The highest BCUT2D eigenvalue weighted by Crippen LogP contribution is 2.35. The third kappa shape index (κ3) is 6.57. The minimum atomic E-state index is -2.95. The highest BCUT2D eigenvalue weighted by molar-refractivity contribution is 6.34. The van der Waals surface area contributed by atoms with Gasteiger partial charge in [0.05, 0.1) is 12.2 Å². The maximum Gasteiger partial charge on any atom is 0.278 e. The van der Waals surface area contributed by atoms with Crippen molar-refractivity contribution >= 4 is 17.3 Å². The van der Waals surface area contributed by atoms with Gasteiger partial charge in [0.1, 0.15) is 16.9 Å². The van der Waals surface area contributed by atoms with E-state index in [1.165, 1.54) is 17.3 Å². The van der Waals surface area contributed by atoms with E-state index in [-0.39, 0.29) is 17.0 Å². The van der Waals surface area contributed by atoms with Crippen LogP contribution in [0.3, 0.4) is 0 Å². The molecular weight excluding hydrogens is 422 g/mol. The summed E-state index contributed by atoms with van der Waals surface area (Å²) in [4.78, 5) is 6.05. The molecule has 0 unspecified atom stereocenters. The molecule has 0 N–H and O–H groups in total. The summed E-state index contributed by atoms with van der Waals surface area (Å²) < 4.78 is 37.5. The van der Waals surface area contributed by atoms with Crippen LogP contribution in [0.5, 0.6) is 11.6 Å². The number of allylic oxidation sites excluding steroid dienone is 1. The second-order valence-electron chi connectivity index (χ2n) is 8.41. The maximum atomic E-state index is 13.1. The van der Waals surface area contributed by atoms with E-state index < -0.39 is 12.5 Å². The Balaban J connectivity index is 1.60. The molecule has 1 saturated heterocycles. The molecule has 0 bridgehead atoms. The van der Waals surface area contributed by atoms with Gasteiger partial charge in [0.15, 0.2) is 6.61 Å². The van der Waals surface area contributed by atoms with Gasteiger partial charge in [-0.25, -0.2) is 13.8 Å². The van der Waals surface area contributed by atoms with Crippen LogP contribution in [-0.2, 0) is 0 Å². The maximum absolute atomic E-state index is 13.1. The molecule has 168 valence electrons. The van der Waals surface area contributed by atoms with Crippen LogP contribution in [0.1, 0.15) is 45.1 Å². The molecule has 1 aromatic heterocycles. The third-order valence-electron chi connectivity index (χ3n) is 5.19. The molecule has 1 aliphatic rings. The first-order valence-corrected chi connectivity index (χ1v) is 10.8. The van der Waals surface area contributed by atoms with Crippen molar-refractivity contribution in [2.45, 2.75) is 51.6 Å². The van der Waals surface area contributed by atoms with Gasteiger partial charge in [-0.3, -0.25) is 0 Å². The minimum absolute atomic E-state index is 0.00673. The van der Waals surface area contributed by atoms with Gasteiger partial charge in [0, 0.05) is 26.1 Å². The molecule has 0 radical (unpaired) electrons. The van der Waals surface area contributed by atoms with E-state index >= 15 is 0 Å². The normalized spacial score (nSPS) is 17.5. The number of hydrogen-bond donors (Lipinski definition) is 0. The van der Waals surface area contributed by atoms with Crippen LogP contribution in [0.25, 0.3) is 0 Å². The van der Waals surface area contributed by atoms with Gasteiger partial charge in [-0.05, 0) is 43.0 Å². The summed E-state index contributed by atoms with van der Waals surface area (Å²) >= 11 is 6.39. The summed E-state index contributed by atoms with van der Waals surface area (Å²) in [5.41, 5.74) is 3.14. The van der Waals surface area contributed by atoms with Crippen LogP contribution in [0.4, 0.5) is 14.5 Å². The van der Waals surface area contributed by atoms with Crippen LogP contribution < -0.4 is 14.4 Å². The van der Waals surface area contributed by atoms with Crippen LogP contribution in [-0.4, -0.2) is 36.7 Å². The molecule has 3 rings (SSSR count). The summed E-state index contributed by atoms with van der Waals surface area (Å²) in [6.45, 7) is 9.63. The zero-order valence-corrected chi connectivity index (χ0v) is 19.0. The fraction of sp³-hybridized carbons (Fsp3) is 0.458. The Morgan fingerprint density at radius 2 is 2.03 bits per heavy atom. The van der Waals surface area contributed by atoms with Gasteiger partial charge in [-0.15, -0.1) is 6.58 Å². The highest BCUT2D eigenvalue weighted by atomic mass is 35.5. The molecule has 0 saturated carbocycles. The van der Waals surface area contributed by atoms with Gasteiger partial charge in [-0.1, -0.05) is 36.2 Å². The quantitative estimate of drug-likeness (QED) is 0.408. The van der Waals surface area contributed by atoms with Crippen LogP contribution in [0.15, 0.2) is 48.7 Å². The zero-order chi connectivity index (χ0) is 22.6. The van der Waals surface area contributed by atoms with Gasteiger partial charge >= 0.3 is 0 Å². The molecule has 0 spiro atoms. The first-order valence-electron chi connectivity index (χ1n) is 10.4. The van der Waals surface area contributed by atoms with Crippen LogP contribution in [0, 0.1) is 0 Å². The molecular formula is C24H29ClF2N2O2. The SMILES string of the molecule is C=C(C)C[C@@H](C)c1ccc(O[C@@H]2CCN(c3ccnc(OCC(C)(F)F)c3Cl)C2)cc1. The largest absolute Gasteiger partial charge is 0.489 e. The van der Waals surface area contributed by atoms with E-state index in [4.69, 9.17) is 21.1 Å². The Morgan fingerprint density at radius 3 is 2.68 bits per heavy atom. The Hall–Kier alpha value is -2.34. The summed E-state index contributed by atoms with van der Waals surface area (Å²) in [6.07, 6.45) is 3.32. The number of halogens is 3. The molecule has 2 heterocycles. The number of benzene rings is 1. The molecule has 1 fully saturated rings. The monoisotopic (exact) mass is 450 g/mol. The molecule has 2 atom stereocenters. The Labute approximate surface area is 187 Å². The summed E-state index contributed by atoms with van der Waals surface area (Å²) in [5.74, 6) is -1.69. The lowest BCUT2D eigenvalue weighted by molar-refractivity contribution is -0.0241. The topological polar surface area (TPSA) is 34.6 Å². The second kappa shape index (κ2) is 9.86. The van der Waals surface area contributed by atoms with Crippen molar-refractivity contribution in [1.82, 2.24) is 4.98 Å². The smallest absolute Gasteiger partial charge is 0.278 e. The molecule has 1 aliphatic heterocycles. The van der Waals surface area contributed by atoms with Crippen molar-refractivity contribution in [2.75, 3.05) is 24.6 Å². The third-order valence-corrected chi connectivity index (χ3v) is 5.55. The van der Waals surface area contributed by atoms with Gasteiger partial charge in [0.25, 0.3) is 5.92 Å². The lowest BCUT2D eigenvalue weighted by Crippen LogP contribution is -2.25. The number of alkyl halides is 2. The van der Waals surface area contributed by atoms with Crippen LogP contribution in [0.2, 0.25) is 5.02 Å². The van der Waals surface area contributed by atoms with E-state index in [0.29, 0.717) is 18.2 Å². The van der Waals surface area contributed by atoms with Crippen molar-refractivity contribution in [1.29, 1.82) is 0 Å². The molecule has 0 amide bonds. The molecule has 2 aromatic rings. The van der Waals surface area contributed by atoms with Crippen molar-refractivity contribution in [3.05, 3.63) is 59.3 Å². The molecule has 0 aliphatic carbocycles. The van der Waals surface area contributed by atoms with E-state index in [2.05, 4.69) is 35.5 Å². The summed E-state index contributed by atoms with van der Waals surface area (Å²) in [5, 5.41) is 0.239. The number of anilines is 1. The van der Waals surface area contributed by atoms with E-state index in [1.54, 1.807) is 6.07 Å². The summed E-state index contributed by atoms with van der Waals surface area (Å²) in [7, 11) is 0. The van der Waals surface area contributed by atoms with Crippen molar-refractivity contribution < 1.29 is 18.3 Å². The Morgan fingerprint density at radius 1 is 1.32 bits per heavy atom. The second-order valence-corrected chi connectivity index (χ2v) is 8.79. The Kier molecular flexibility index (Phi) is 7.42. The fourth-order valence-corrected chi connectivity index (χ4v) is 3.99. The number of rotatable bonds is 9. The van der Waals surface area contributed by atoms with Crippen LogP contribution >= 0.6 is 11.6 Å². The highest BCUT2D eigenvalue weighted by Gasteiger charge is 2.28. The predicted molar refractivity (Wildman–Crippen MR) is 121 cm³/mol. The van der Waals surface area contributed by atoms with Crippen molar-refractivity contribution in [2.24, 2.45) is 0 Å². The zero-order valence-electron chi connectivity index (χ0n) is 18.2. The number of ether oxygens (including phenoxy) is 2. The molecule has 7 heteroatoms. The van der Waals surface area contributed by atoms with E-state index in [9.17, 15) is 8.78 Å². The van der Waals surface area contributed by atoms with E-state index in [1.807, 2.05) is 19.1 Å². The lowest BCUT2D eigenvalue weighted by atomic mass is 9.95. The number of hydrogen-bond acceptors (Lipinski definition) is 4. The first-order chi connectivity index (χ1) is 14.6. The number of pyridine rings is 1. The lowest BCUT2D eigenvalue weighted by Gasteiger charge is -2.21. The molecule has 1 aromatic carbocycles. The first kappa shape index (κ1) is 23.3. The summed E-state index contributed by atoms with van der Waals surface area (Å²) in [6, 6.07) is 9.97. The van der Waals surface area contributed by atoms with Crippen molar-refractivity contribution in [3.8, 4) is 11.6 Å². The minimum Gasteiger partial charge on any atom is -0.489 e. The Bertz CT molecular complexity index is 899. The molecule has 4 nitrogen and oxygen atoms in total. The van der Waals surface area contributed by atoms with Gasteiger partial charge < -0.3 is 14.4 Å². The van der Waals surface area contributed by atoms with E-state index in [0.717, 1.165) is 32.1 Å². The standard InChI is InChI=1S/C24H29ClF2N2O2/c1-16(2)13-17(3)18-5-7-19(8-6-18)31-20-10-12-29(14-20)21-9-11-28-23(22(21)25)30-15-24(4,26)27/h5-9,11,17,20H,1,10,12-15H2,2-4H3/t17-,20-/m1/s1. The number of aromatic nitrogens is 1. The average molecular weight is 451 g/mol. The fourth-order valence-electron chi connectivity index (χ4n) is 3.71. The average Bonchev–Trinajstić information content (AvgIpc) is 3.14. The molecule has 31 heavy (non-hydrogen) atoms. The van der Waals surface area contributed by atoms with Gasteiger partial charge in [-0.2, -0.15) is 0 Å². The van der Waals surface area contributed by atoms with Gasteiger partial charge in [0.2, 0.25) is 5.88 Å². The predicted octanol–water partition coefficient (Wildman–Crippen LogP) is 6.50.